The van der Waals surface area contributed by atoms with Crippen molar-refractivity contribution in [3.05, 3.63) is 123 Å². The van der Waals surface area contributed by atoms with Gasteiger partial charge in [-0.2, -0.15) is 10.5 Å². The fraction of sp³-hybridized carbons (Fsp3) is 0.0400. The molecule has 4 rings (SSSR count). The summed E-state index contributed by atoms with van der Waals surface area (Å²) in [5.74, 6) is -0.735. The van der Waals surface area contributed by atoms with E-state index < -0.39 is 10.8 Å². The van der Waals surface area contributed by atoms with E-state index >= 15 is 0 Å². The largest absolute Gasteiger partial charge is 0.353 e. The third-order valence-electron chi connectivity index (χ3n) is 5.15. The van der Waals surface area contributed by atoms with Gasteiger partial charge in [0.1, 0.15) is 0 Å². The average molecular weight is 404 g/mol. The van der Waals surface area contributed by atoms with Crippen LogP contribution in [0.5, 0.6) is 0 Å². The van der Waals surface area contributed by atoms with Gasteiger partial charge in [-0.1, -0.05) is 72.8 Å². The van der Waals surface area contributed by atoms with E-state index in [1.165, 1.54) is 12.1 Å². The minimum absolute atomic E-state index is 0.0897. The quantitative estimate of drug-likeness (QED) is 0.478. The van der Waals surface area contributed by atoms with Crippen LogP contribution < -0.4 is 5.32 Å². The number of hydrogen-bond donors (Lipinski definition) is 1. The van der Waals surface area contributed by atoms with Crippen LogP contribution in [0.25, 0.3) is 11.4 Å². The first-order valence-corrected chi connectivity index (χ1v) is 9.54. The van der Waals surface area contributed by atoms with Crippen molar-refractivity contribution in [2.75, 3.05) is 0 Å². The highest BCUT2D eigenvalue weighted by Gasteiger charge is 2.33. The number of rotatable bonds is 4. The second-order valence-electron chi connectivity index (χ2n) is 6.94. The summed E-state index contributed by atoms with van der Waals surface area (Å²) >= 11 is 0. The first-order chi connectivity index (χ1) is 15.1. The molecule has 31 heavy (non-hydrogen) atoms. The molecule has 1 aliphatic rings. The molecule has 0 bridgehead atoms. The van der Waals surface area contributed by atoms with Gasteiger partial charge in [-0.25, -0.2) is 0 Å². The SMILES string of the molecule is N#CC1=C(c2ccccc2)NC(c2ccccc2)=C(C#N)C1c1cccc([N+](=O)[O-])c1. The maximum absolute atomic E-state index is 11.3. The molecule has 0 saturated heterocycles. The van der Waals surface area contributed by atoms with Gasteiger partial charge < -0.3 is 5.32 Å². The number of nitrogens with one attached hydrogen (secondary N) is 1. The maximum atomic E-state index is 11.3. The summed E-state index contributed by atoms with van der Waals surface area (Å²) in [5, 5.41) is 34.8. The average Bonchev–Trinajstić information content (AvgIpc) is 2.83. The Bertz CT molecular complexity index is 1220. The molecule has 0 saturated carbocycles. The highest BCUT2D eigenvalue weighted by atomic mass is 16.6. The molecule has 148 valence electrons. The summed E-state index contributed by atoms with van der Waals surface area (Å²) in [7, 11) is 0. The van der Waals surface area contributed by atoms with Gasteiger partial charge >= 0.3 is 0 Å². The smallest absolute Gasteiger partial charge is 0.269 e. The van der Waals surface area contributed by atoms with Gasteiger partial charge in [0.05, 0.1) is 45.5 Å². The third kappa shape index (κ3) is 3.66. The fourth-order valence-electron chi connectivity index (χ4n) is 3.75. The van der Waals surface area contributed by atoms with Crippen molar-refractivity contribution in [2.45, 2.75) is 5.92 Å². The van der Waals surface area contributed by atoms with E-state index in [1.54, 1.807) is 12.1 Å². The second-order valence-corrected chi connectivity index (χ2v) is 6.94. The molecular weight excluding hydrogens is 388 g/mol. The van der Waals surface area contributed by atoms with Crippen LogP contribution in [0.3, 0.4) is 0 Å². The Labute approximate surface area is 179 Å². The zero-order chi connectivity index (χ0) is 21.8. The van der Waals surface area contributed by atoms with E-state index in [2.05, 4.69) is 17.5 Å². The Morgan fingerprint density at radius 1 is 0.774 bits per heavy atom. The number of nitro benzene ring substituents is 1. The van der Waals surface area contributed by atoms with E-state index in [1.807, 2.05) is 60.7 Å². The molecule has 0 aliphatic carbocycles. The number of nitriles is 2. The van der Waals surface area contributed by atoms with Gasteiger partial charge in [0.15, 0.2) is 0 Å². The van der Waals surface area contributed by atoms with E-state index in [0.717, 1.165) is 11.1 Å². The minimum Gasteiger partial charge on any atom is -0.353 e. The highest BCUT2D eigenvalue weighted by molar-refractivity contribution is 5.88. The number of nitrogens with zero attached hydrogens (tertiary/aromatic N) is 3. The molecule has 0 unspecified atom stereocenters. The van der Waals surface area contributed by atoms with Crippen molar-refractivity contribution in [1.29, 1.82) is 10.5 Å². The molecule has 3 aromatic rings. The topological polar surface area (TPSA) is 103 Å². The zero-order valence-electron chi connectivity index (χ0n) is 16.3. The van der Waals surface area contributed by atoms with Gasteiger partial charge in [-0.05, 0) is 16.7 Å². The number of benzene rings is 3. The molecule has 0 radical (unpaired) electrons. The predicted octanol–water partition coefficient (Wildman–Crippen LogP) is 5.15. The summed E-state index contributed by atoms with van der Waals surface area (Å²) in [5.41, 5.74) is 3.85. The lowest BCUT2D eigenvalue weighted by Crippen LogP contribution is -2.24. The van der Waals surface area contributed by atoms with Crippen LogP contribution in [0.4, 0.5) is 5.69 Å². The van der Waals surface area contributed by atoms with Crippen molar-refractivity contribution in [3.8, 4) is 12.1 Å². The number of dihydropyridines is 1. The molecule has 0 fully saturated rings. The molecule has 3 aromatic carbocycles. The van der Waals surface area contributed by atoms with Gasteiger partial charge in [-0.15, -0.1) is 0 Å². The Balaban J connectivity index is 2.01. The monoisotopic (exact) mass is 404 g/mol. The van der Waals surface area contributed by atoms with E-state index in [4.69, 9.17) is 0 Å². The zero-order valence-corrected chi connectivity index (χ0v) is 16.3. The molecule has 6 nitrogen and oxygen atoms in total. The van der Waals surface area contributed by atoms with Crippen LogP contribution in [0.15, 0.2) is 96.1 Å². The first-order valence-electron chi connectivity index (χ1n) is 9.54. The summed E-state index contributed by atoms with van der Waals surface area (Å²) in [6, 6.07) is 29.4. The number of allylic oxidation sites excluding steroid dienone is 2. The number of nitro groups is 1. The molecular formula is C25H16N4O2. The normalized spacial score (nSPS) is 13.9. The lowest BCUT2D eigenvalue weighted by molar-refractivity contribution is -0.384. The standard InChI is InChI=1S/C25H16N4O2/c26-15-21-23(19-12-7-13-20(14-19)29(30)31)22(16-27)25(18-10-5-2-6-11-18)28-24(21)17-8-3-1-4-9-17/h1-14,23,28H. The molecule has 1 heterocycles. The molecule has 1 N–H and O–H groups in total. The highest BCUT2D eigenvalue weighted by Crippen LogP contribution is 2.43. The summed E-state index contributed by atoms with van der Waals surface area (Å²) in [6.07, 6.45) is 0. The number of non-ortho nitro benzene ring substituents is 1. The van der Waals surface area contributed by atoms with Crippen molar-refractivity contribution in [2.24, 2.45) is 0 Å². The lowest BCUT2D eigenvalue weighted by atomic mass is 9.79. The van der Waals surface area contributed by atoms with Crippen LogP contribution in [-0.2, 0) is 0 Å². The third-order valence-corrected chi connectivity index (χ3v) is 5.15. The molecule has 6 heteroatoms. The van der Waals surface area contributed by atoms with Crippen LogP contribution in [-0.4, -0.2) is 4.92 Å². The van der Waals surface area contributed by atoms with Gasteiger partial charge in [-0.3, -0.25) is 10.1 Å². The summed E-state index contributed by atoms with van der Waals surface area (Å²) < 4.78 is 0. The minimum atomic E-state index is -0.735. The van der Waals surface area contributed by atoms with Crippen molar-refractivity contribution < 1.29 is 4.92 Å². The summed E-state index contributed by atoms with van der Waals surface area (Å²) in [6.45, 7) is 0. The predicted molar refractivity (Wildman–Crippen MR) is 117 cm³/mol. The Hall–Kier alpha value is -4.68. The molecule has 0 atom stereocenters. The van der Waals surface area contributed by atoms with Crippen LogP contribution in [0, 0.1) is 32.8 Å². The fourth-order valence-corrected chi connectivity index (χ4v) is 3.75. The van der Waals surface area contributed by atoms with Crippen molar-refractivity contribution >= 4 is 17.1 Å². The van der Waals surface area contributed by atoms with Crippen LogP contribution in [0.2, 0.25) is 0 Å². The van der Waals surface area contributed by atoms with Crippen LogP contribution in [0.1, 0.15) is 22.6 Å². The van der Waals surface area contributed by atoms with Crippen LogP contribution >= 0.6 is 0 Å². The Morgan fingerprint density at radius 2 is 1.29 bits per heavy atom. The summed E-state index contributed by atoms with van der Waals surface area (Å²) in [4.78, 5) is 10.9. The molecule has 0 spiro atoms. The van der Waals surface area contributed by atoms with E-state index in [9.17, 15) is 20.6 Å². The second kappa shape index (κ2) is 8.36. The molecule has 0 amide bonds. The Kier molecular flexibility index (Phi) is 5.29. The Morgan fingerprint density at radius 3 is 1.74 bits per heavy atom. The molecule has 0 aromatic heterocycles. The van der Waals surface area contributed by atoms with Gasteiger partial charge in [0.25, 0.3) is 5.69 Å². The lowest BCUT2D eigenvalue weighted by Gasteiger charge is -2.29. The van der Waals surface area contributed by atoms with Gasteiger partial charge in [0, 0.05) is 12.1 Å². The maximum Gasteiger partial charge on any atom is 0.269 e. The van der Waals surface area contributed by atoms with Crippen molar-refractivity contribution in [1.82, 2.24) is 5.32 Å². The van der Waals surface area contributed by atoms with E-state index in [-0.39, 0.29) is 5.69 Å². The van der Waals surface area contributed by atoms with E-state index in [0.29, 0.717) is 28.1 Å². The first kappa shape index (κ1) is 19.6. The van der Waals surface area contributed by atoms with Gasteiger partial charge in [0.2, 0.25) is 0 Å². The van der Waals surface area contributed by atoms with Crippen molar-refractivity contribution in [3.63, 3.8) is 0 Å². The molecule has 1 aliphatic heterocycles. The number of hydrogen-bond acceptors (Lipinski definition) is 5.